The number of carbonyl (C=O) groups is 3. The van der Waals surface area contributed by atoms with Gasteiger partial charge in [-0.25, -0.2) is 14.0 Å². The summed E-state index contributed by atoms with van der Waals surface area (Å²) < 4.78 is 17.9. The summed E-state index contributed by atoms with van der Waals surface area (Å²) in [7, 11) is 0. The number of benzene rings is 1. The minimum Gasteiger partial charge on any atom is -0.448 e. The molecule has 3 amide bonds. The summed E-state index contributed by atoms with van der Waals surface area (Å²) in [5.41, 5.74) is 5.57. The summed E-state index contributed by atoms with van der Waals surface area (Å²) in [4.78, 5) is 35.0. The molecule has 1 aromatic heterocycles. The van der Waals surface area contributed by atoms with Crippen LogP contribution in [0.25, 0.3) is 10.4 Å². The zero-order valence-corrected chi connectivity index (χ0v) is 12.9. The van der Waals surface area contributed by atoms with E-state index in [0.29, 0.717) is 0 Å². The number of rotatable bonds is 4. The molecule has 0 bridgehead atoms. The molecule has 0 aliphatic carbocycles. The highest BCUT2D eigenvalue weighted by atomic mass is 32.1. The molecular weight excluding hydrogens is 323 g/mol. The van der Waals surface area contributed by atoms with Crippen LogP contribution in [0.2, 0.25) is 0 Å². The van der Waals surface area contributed by atoms with Crippen LogP contribution in [-0.2, 0) is 9.53 Å². The maximum absolute atomic E-state index is 12.9. The zero-order valence-electron chi connectivity index (χ0n) is 12.0. The van der Waals surface area contributed by atoms with Crippen LogP contribution in [0.4, 0.5) is 9.18 Å². The first-order valence-corrected chi connectivity index (χ1v) is 7.35. The Bertz CT molecular complexity index is 742. The van der Waals surface area contributed by atoms with Crippen molar-refractivity contribution in [3.63, 3.8) is 0 Å². The molecule has 3 N–H and O–H groups in total. The molecule has 1 atom stereocenters. The van der Waals surface area contributed by atoms with E-state index in [1.807, 2.05) is 5.32 Å². The number of amides is 3. The van der Waals surface area contributed by atoms with Gasteiger partial charge in [0, 0.05) is 4.88 Å². The van der Waals surface area contributed by atoms with Crippen molar-refractivity contribution in [1.29, 1.82) is 0 Å². The summed E-state index contributed by atoms with van der Waals surface area (Å²) in [5.74, 6) is -1.85. The molecule has 0 saturated carbocycles. The van der Waals surface area contributed by atoms with Gasteiger partial charge in [0.1, 0.15) is 10.7 Å². The monoisotopic (exact) mass is 336 g/mol. The van der Waals surface area contributed by atoms with Gasteiger partial charge in [-0.05, 0) is 36.8 Å². The smallest absolute Gasteiger partial charge is 0.349 e. The molecule has 1 unspecified atom stereocenters. The Morgan fingerprint density at radius 1 is 1.17 bits per heavy atom. The molecule has 0 aliphatic heterocycles. The fraction of sp³-hybridized carbons (Fsp3) is 0.133. The zero-order chi connectivity index (χ0) is 17.0. The van der Waals surface area contributed by atoms with Crippen molar-refractivity contribution >= 4 is 29.2 Å². The molecule has 0 saturated heterocycles. The lowest BCUT2D eigenvalue weighted by molar-refractivity contribution is -0.127. The molecule has 6 nitrogen and oxygen atoms in total. The minimum atomic E-state index is -1.16. The van der Waals surface area contributed by atoms with E-state index in [4.69, 9.17) is 10.5 Å². The Balaban J connectivity index is 2.05. The van der Waals surface area contributed by atoms with Crippen molar-refractivity contribution in [2.75, 3.05) is 0 Å². The van der Waals surface area contributed by atoms with Crippen LogP contribution in [0.1, 0.15) is 16.6 Å². The molecular formula is C15H13FN2O4S. The largest absolute Gasteiger partial charge is 0.448 e. The predicted octanol–water partition coefficient (Wildman–Crippen LogP) is 2.29. The fourth-order valence-corrected chi connectivity index (χ4v) is 2.61. The third-order valence-corrected chi connectivity index (χ3v) is 3.95. The number of urea groups is 1. The van der Waals surface area contributed by atoms with Gasteiger partial charge in [0.05, 0.1) is 0 Å². The summed E-state index contributed by atoms with van der Waals surface area (Å²) in [6.45, 7) is 1.32. The molecule has 8 heteroatoms. The number of nitrogens with two attached hydrogens (primary N) is 1. The lowest BCUT2D eigenvalue weighted by Crippen LogP contribution is -2.42. The van der Waals surface area contributed by atoms with Gasteiger partial charge in [0.25, 0.3) is 5.91 Å². The second-order valence-corrected chi connectivity index (χ2v) is 5.66. The number of primary amides is 1. The standard InChI is InChI=1S/C15H13FN2O4S/c1-8(13(19)18-15(17)21)22-14(20)12-7-6-11(23-12)9-2-4-10(16)5-3-9/h2-8H,1H3,(H3,17,18,19,21). The molecule has 0 fully saturated rings. The van der Waals surface area contributed by atoms with Crippen molar-refractivity contribution in [2.24, 2.45) is 5.73 Å². The maximum Gasteiger partial charge on any atom is 0.349 e. The van der Waals surface area contributed by atoms with Crippen molar-refractivity contribution in [2.45, 2.75) is 13.0 Å². The molecule has 1 aromatic carbocycles. The quantitative estimate of drug-likeness (QED) is 0.837. The van der Waals surface area contributed by atoms with Gasteiger partial charge in [0.2, 0.25) is 0 Å². The normalized spacial score (nSPS) is 11.6. The molecule has 0 aliphatic rings. The van der Waals surface area contributed by atoms with Crippen LogP contribution in [0, 0.1) is 5.82 Å². The van der Waals surface area contributed by atoms with E-state index in [9.17, 15) is 18.8 Å². The molecule has 2 rings (SSSR count). The fourth-order valence-electron chi connectivity index (χ4n) is 1.71. The Hall–Kier alpha value is -2.74. The number of hydrogen-bond donors (Lipinski definition) is 2. The van der Waals surface area contributed by atoms with Gasteiger partial charge in [-0.2, -0.15) is 0 Å². The van der Waals surface area contributed by atoms with E-state index >= 15 is 0 Å². The SMILES string of the molecule is CC(OC(=O)c1ccc(-c2ccc(F)cc2)s1)C(=O)NC(N)=O. The third kappa shape index (κ3) is 4.36. The van der Waals surface area contributed by atoms with Crippen molar-refractivity contribution in [1.82, 2.24) is 5.32 Å². The lowest BCUT2D eigenvalue weighted by atomic mass is 10.2. The number of hydrogen-bond acceptors (Lipinski definition) is 5. The molecule has 0 spiro atoms. The number of carbonyl (C=O) groups excluding carboxylic acids is 3. The van der Waals surface area contributed by atoms with Crippen molar-refractivity contribution < 1.29 is 23.5 Å². The number of esters is 1. The summed E-state index contributed by atoms with van der Waals surface area (Å²) >= 11 is 1.15. The Morgan fingerprint density at radius 3 is 2.43 bits per heavy atom. The van der Waals surface area contributed by atoms with E-state index in [0.717, 1.165) is 21.8 Å². The van der Waals surface area contributed by atoms with E-state index in [-0.39, 0.29) is 10.7 Å². The van der Waals surface area contributed by atoms with Crippen LogP contribution < -0.4 is 11.1 Å². The third-order valence-electron chi connectivity index (χ3n) is 2.84. The van der Waals surface area contributed by atoms with Gasteiger partial charge in [-0.3, -0.25) is 10.1 Å². The number of ether oxygens (including phenoxy) is 1. The Labute approximate surface area is 135 Å². The van der Waals surface area contributed by atoms with Crippen LogP contribution in [0.5, 0.6) is 0 Å². The second-order valence-electron chi connectivity index (χ2n) is 4.57. The first-order valence-electron chi connectivity index (χ1n) is 6.54. The molecule has 2 aromatic rings. The van der Waals surface area contributed by atoms with E-state index in [1.54, 1.807) is 24.3 Å². The number of thiophene rings is 1. The van der Waals surface area contributed by atoms with Gasteiger partial charge < -0.3 is 10.5 Å². The van der Waals surface area contributed by atoms with Crippen molar-refractivity contribution in [3.05, 3.63) is 47.1 Å². The lowest BCUT2D eigenvalue weighted by Gasteiger charge is -2.10. The van der Waals surface area contributed by atoms with E-state index in [2.05, 4.69) is 0 Å². The maximum atomic E-state index is 12.9. The van der Waals surface area contributed by atoms with Crippen LogP contribution in [0.15, 0.2) is 36.4 Å². The summed E-state index contributed by atoms with van der Waals surface area (Å²) in [6.07, 6.45) is -1.16. The molecule has 1 heterocycles. The van der Waals surface area contributed by atoms with Gasteiger partial charge in [-0.15, -0.1) is 11.3 Å². The van der Waals surface area contributed by atoms with E-state index < -0.39 is 24.0 Å². The van der Waals surface area contributed by atoms with Crippen LogP contribution in [-0.4, -0.2) is 24.0 Å². The predicted molar refractivity (Wildman–Crippen MR) is 82.3 cm³/mol. The summed E-state index contributed by atoms with van der Waals surface area (Å²) in [6, 6.07) is 8.06. The Kier molecular flexibility index (Phi) is 5.07. The average Bonchev–Trinajstić information content (AvgIpc) is 2.97. The molecule has 120 valence electrons. The molecule has 0 radical (unpaired) electrons. The van der Waals surface area contributed by atoms with Gasteiger partial charge in [0.15, 0.2) is 6.10 Å². The van der Waals surface area contributed by atoms with Crippen molar-refractivity contribution in [3.8, 4) is 10.4 Å². The minimum absolute atomic E-state index is 0.281. The highest BCUT2D eigenvalue weighted by Crippen LogP contribution is 2.28. The van der Waals surface area contributed by atoms with Crippen LogP contribution >= 0.6 is 11.3 Å². The van der Waals surface area contributed by atoms with Gasteiger partial charge in [-0.1, -0.05) is 12.1 Å². The van der Waals surface area contributed by atoms with E-state index in [1.165, 1.54) is 19.1 Å². The Morgan fingerprint density at radius 2 is 1.83 bits per heavy atom. The summed E-state index contributed by atoms with van der Waals surface area (Å²) in [5, 5.41) is 1.83. The highest BCUT2D eigenvalue weighted by molar-refractivity contribution is 7.17. The number of halogens is 1. The first-order chi connectivity index (χ1) is 10.9. The number of nitrogens with one attached hydrogen (secondary N) is 1. The number of imide groups is 1. The average molecular weight is 336 g/mol. The first kappa shape index (κ1) is 16.6. The molecule has 23 heavy (non-hydrogen) atoms. The van der Waals surface area contributed by atoms with Crippen LogP contribution in [0.3, 0.4) is 0 Å². The second kappa shape index (κ2) is 7.01. The highest BCUT2D eigenvalue weighted by Gasteiger charge is 2.21. The topological polar surface area (TPSA) is 98.5 Å². The van der Waals surface area contributed by atoms with Gasteiger partial charge >= 0.3 is 12.0 Å².